The Morgan fingerprint density at radius 1 is 1.60 bits per heavy atom. The normalized spacial score (nSPS) is 9.60. The summed E-state index contributed by atoms with van der Waals surface area (Å²) < 4.78 is -0.546. The highest BCUT2D eigenvalue weighted by Crippen LogP contribution is 2.05. The van der Waals surface area contributed by atoms with Gasteiger partial charge < -0.3 is 0 Å². The molecule has 0 unspecified atom stereocenters. The molecule has 31 valence electrons. The van der Waals surface area contributed by atoms with Gasteiger partial charge in [0.15, 0.2) is 0 Å². The van der Waals surface area contributed by atoms with Crippen LogP contribution in [0.15, 0.2) is 0 Å². The SMILES string of the molecule is [O]OC(Br)Br. The molecule has 0 bridgehead atoms. The second kappa shape index (κ2) is 3.08. The van der Waals surface area contributed by atoms with Gasteiger partial charge in [-0.25, -0.2) is 0 Å². The van der Waals surface area contributed by atoms with Gasteiger partial charge in [-0.2, -0.15) is 4.89 Å². The molecule has 4 heteroatoms. The van der Waals surface area contributed by atoms with E-state index >= 15 is 0 Å². The lowest BCUT2D eigenvalue weighted by atomic mass is 11.7. The molecule has 5 heavy (non-hydrogen) atoms. The van der Waals surface area contributed by atoms with E-state index < -0.39 is 3.92 Å². The standard InChI is InChI=1S/CHBr2O2/c2-1(3)5-4/h1H. The van der Waals surface area contributed by atoms with E-state index in [-0.39, 0.29) is 0 Å². The molecule has 0 rings (SSSR count). The predicted octanol–water partition coefficient (Wildman–Crippen LogP) is 1.42. The first kappa shape index (κ1) is 5.88. The molecule has 0 aliphatic heterocycles. The third-order valence-electron chi connectivity index (χ3n) is 0.0727. The molecule has 0 aromatic carbocycles. The monoisotopic (exact) mass is 203 g/mol. The van der Waals surface area contributed by atoms with Crippen molar-refractivity contribution in [3.8, 4) is 0 Å². The number of rotatable bonds is 1. The fourth-order valence-corrected chi connectivity index (χ4v) is 0. The van der Waals surface area contributed by atoms with Gasteiger partial charge in [0, 0.05) is 0 Å². The van der Waals surface area contributed by atoms with Crippen molar-refractivity contribution < 1.29 is 10.1 Å². The molecule has 0 atom stereocenters. The van der Waals surface area contributed by atoms with Crippen LogP contribution in [0.25, 0.3) is 0 Å². The summed E-state index contributed by atoms with van der Waals surface area (Å²) in [5.74, 6) is 0. The van der Waals surface area contributed by atoms with Gasteiger partial charge in [-0.15, -0.1) is 0 Å². The number of hydrogen-bond donors (Lipinski definition) is 0. The van der Waals surface area contributed by atoms with Crippen LogP contribution < -0.4 is 0 Å². The maximum Gasteiger partial charge on any atom is 0.205 e. The van der Waals surface area contributed by atoms with Crippen LogP contribution in [0.4, 0.5) is 0 Å². The van der Waals surface area contributed by atoms with Gasteiger partial charge in [0.2, 0.25) is 3.92 Å². The highest BCUT2D eigenvalue weighted by molar-refractivity contribution is 9.24. The van der Waals surface area contributed by atoms with Crippen LogP contribution in [-0.4, -0.2) is 3.92 Å². The van der Waals surface area contributed by atoms with Crippen LogP contribution in [0.3, 0.4) is 0 Å². The molecule has 0 aromatic heterocycles. The second-order valence-electron chi connectivity index (χ2n) is 0.357. The van der Waals surface area contributed by atoms with Gasteiger partial charge in [0.1, 0.15) is 0 Å². The Labute approximate surface area is 46.3 Å². The van der Waals surface area contributed by atoms with E-state index in [0.29, 0.717) is 0 Å². The van der Waals surface area contributed by atoms with Crippen molar-refractivity contribution in [2.24, 2.45) is 0 Å². The Bertz CT molecular complexity index is 21.6. The van der Waals surface area contributed by atoms with Crippen molar-refractivity contribution in [1.29, 1.82) is 0 Å². The van der Waals surface area contributed by atoms with Crippen LogP contribution in [0, 0.1) is 0 Å². The summed E-state index contributed by atoms with van der Waals surface area (Å²) in [7, 11) is 0. The molecular formula is CHBr2O2. The topological polar surface area (TPSA) is 29.1 Å². The summed E-state index contributed by atoms with van der Waals surface area (Å²) in [5.41, 5.74) is 0. The summed E-state index contributed by atoms with van der Waals surface area (Å²) in [6.07, 6.45) is 0. The van der Waals surface area contributed by atoms with Crippen LogP contribution in [0.5, 0.6) is 0 Å². The maximum absolute atomic E-state index is 9.04. The molecule has 2 nitrogen and oxygen atoms in total. The second-order valence-corrected chi connectivity index (χ2v) is 3.25. The van der Waals surface area contributed by atoms with Gasteiger partial charge in [-0.3, -0.25) is 0 Å². The Balaban J connectivity index is 2.54. The smallest absolute Gasteiger partial charge is 0.177 e. The van der Waals surface area contributed by atoms with Crippen LogP contribution in [-0.2, 0) is 10.1 Å². The summed E-state index contributed by atoms with van der Waals surface area (Å²) in [5, 5.41) is 9.04. The zero-order valence-electron chi connectivity index (χ0n) is 2.15. The van der Waals surface area contributed by atoms with Crippen LogP contribution >= 0.6 is 31.9 Å². The van der Waals surface area contributed by atoms with Gasteiger partial charge in [-0.1, -0.05) is 0 Å². The molecule has 0 spiro atoms. The fraction of sp³-hybridized carbons (Fsp3) is 1.00. The lowest BCUT2D eigenvalue weighted by Crippen LogP contribution is -1.82. The van der Waals surface area contributed by atoms with Gasteiger partial charge >= 0.3 is 0 Å². The minimum Gasteiger partial charge on any atom is -0.177 e. The number of halogens is 2. The van der Waals surface area contributed by atoms with Crippen LogP contribution in [0.2, 0.25) is 0 Å². The van der Waals surface area contributed by atoms with E-state index in [0.717, 1.165) is 0 Å². The van der Waals surface area contributed by atoms with Crippen molar-refractivity contribution in [2.45, 2.75) is 3.92 Å². The fourth-order valence-electron chi connectivity index (χ4n) is 0. The van der Waals surface area contributed by atoms with Crippen LogP contribution in [0.1, 0.15) is 0 Å². The largest absolute Gasteiger partial charge is 0.205 e. The summed E-state index contributed by atoms with van der Waals surface area (Å²) >= 11 is 5.51. The number of alkyl halides is 2. The molecule has 0 fully saturated rings. The first-order valence-electron chi connectivity index (χ1n) is 0.839. The molecule has 0 amide bonds. The van der Waals surface area contributed by atoms with Crippen molar-refractivity contribution in [3.63, 3.8) is 0 Å². The van der Waals surface area contributed by atoms with E-state index in [2.05, 4.69) is 36.7 Å². The van der Waals surface area contributed by atoms with E-state index in [4.69, 9.17) is 5.26 Å². The average Bonchev–Trinajstić information content (AvgIpc) is 1.38. The third kappa shape index (κ3) is 4.88. The average molecular weight is 205 g/mol. The first-order valence-corrected chi connectivity index (χ1v) is 2.67. The zero-order chi connectivity index (χ0) is 4.28. The Morgan fingerprint density at radius 3 is 1.80 bits per heavy atom. The number of hydrogen-bond acceptors (Lipinski definition) is 1. The maximum atomic E-state index is 9.04. The summed E-state index contributed by atoms with van der Waals surface area (Å²) in [4.78, 5) is 3.33. The molecule has 0 N–H and O–H groups in total. The quantitative estimate of drug-likeness (QED) is 0.361. The van der Waals surface area contributed by atoms with E-state index in [1.165, 1.54) is 0 Å². The van der Waals surface area contributed by atoms with Crippen molar-refractivity contribution in [1.82, 2.24) is 0 Å². The predicted molar refractivity (Wildman–Crippen MR) is 23.4 cm³/mol. The molecule has 0 saturated heterocycles. The Hall–Kier alpha value is 0.880. The van der Waals surface area contributed by atoms with Gasteiger partial charge in [-0.05, 0) is 37.1 Å². The lowest BCUT2D eigenvalue weighted by Gasteiger charge is -1.83. The van der Waals surface area contributed by atoms with E-state index in [9.17, 15) is 0 Å². The highest BCUT2D eigenvalue weighted by Gasteiger charge is 1.89. The third-order valence-corrected chi connectivity index (χ3v) is 0.378. The minimum atomic E-state index is -0.546. The minimum absolute atomic E-state index is 0.546. The lowest BCUT2D eigenvalue weighted by molar-refractivity contribution is -0.292. The van der Waals surface area contributed by atoms with Crippen molar-refractivity contribution >= 4 is 31.9 Å². The van der Waals surface area contributed by atoms with Gasteiger partial charge in [0.05, 0.1) is 0 Å². The first-order chi connectivity index (χ1) is 2.27. The van der Waals surface area contributed by atoms with Crippen molar-refractivity contribution in [3.05, 3.63) is 0 Å². The zero-order valence-corrected chi connectivity index (χ0v) is 5.32. The van der Waals surface area contributed by atoms with E-state index in [1.807, 2.05) is 0 Å². The molecule has 0 heterocycles. The summed E-state index contributed by atoms with van der Waals surface area (Å²) in [6, 6.07) is 0. The molecule has 0 aliphatic carbocycles. The molecule has 0 aromatic rings. The summed E-state index contributed by atoms with van der Waals surface area (Å²) in [6.45, 7) is 0. The van der Waals surface area contributed by atoms with Crippen molar-refractivity contribution in [2.75, 3.05) is 0 Å². The highest BCUT2D eigenvalue weighted by atomic mass is 79.9. The van der Waals surface area contributed by atoms with Gasteiger partial charge in [0.25, 0.3) is 0 Å². The molecular weight excluding hydrogens is 204 g/mol. The molecule has 0 aliphatic rings. The molecule has 1 radical (unpaired) electrons. The Morgan fingerprint density at radius 2 is 1.80 bits per heavy atom. The molecule has 0 saturated carbocycles. The van der Waals surface area contributed by atoms with E-state index in [1.54, 1.807) is 0 Å². The Kier molecular flexibility index (Phi) is 3.63.